The van der Waals surface area contributed by atoms with Crippen molar-refractivity contribution < 1.29 is 23.1 Å². The number of anilines is 2. The smallest absolute Gasteiger partial charge is 0.328 e. The number of aliphatic carboxylic acids is 1. The molecular formula is C19H23N3O5S3. The lowest BCUT2D eigenvalue weighted by Gasteiger charge is -2.26. The lowest BCUT2D eigenvalue weighted by atomic mass is 10.1. The number of carbonyl (C=O) groups excluding carboxylic acids is 1. The van der Waals surface area contributed by atoms with Crippen molar-refractivity contribution in [2.75, 3.05) is 28.8 Å². The highest BCUT2D eigenvalue weighted by Gasteiger charge is 2.24. The lowest BCUT2D eigenvalue weighted by Crippen LogP contribution is -2.38. The number of amides is 2. The van der Waals surface area contributed by atoms with Crippen LogP contribution in [-0.2, 0) is 14.6 Å². The molecule has 30 heavy (non-hydrogen) atoms. The molecule has 1 aliphatic carbocycles. The lowest BCUT2D eigenvalue weighted by molar-refractivity contribution is -0.133. The summed E-state index contributed by atoms with van der Waals surface area (Å²) in [7, 11) is -3.32. The van der Waals surface area contributed by atoms with Crippen molar-refractivity contribution in [3.63, 3.8) is 0 Å². The summed E-state index contributed by atoms with van der Waals surface area (Å²) in [4.78, 5) is 29.7. The summed E-state index contributed by atoms with van der Waals surface area (Å²) in [5, 5.41) is 11.9. The molecule has 2 N–H and O–H groups in total. The SMILES string of the molecule is CS(=O)(=O)c1ccc(N(CC2CCCC2)C(=O)Nc2ncc(SCC(=O)O)s2)cc1. The van der Waals surface area contributed by atoms with Crippen molar-refractivity contribution in [3.8, 4) is 0 Å². The van der Waals surface area contributed by atoms with Gasteiger partial charge in [0.1, 0.15) is 0 Å². The number of hydrogen-bond acceptors (Lipinski definition) is 7. The summed E-state index contributed by atoms with van der Waals surface area (Å²) in [6, 6.07) is 5.94. The molecule has 2 aromatic rings. The van der Waals surface area contributed by atoms with Crippen LogP contribution in [0.1, 0.15) is 25.7 Å². The first-order chi connectivity index (χ1) is 14.2. The van der Waals surface area contributed by atoms with Crippen LogP contribution in [0.2, 0.25) is 0 Å². The number of thioether (sulfide) groups is 1. The molecule has 0 bridgehead atoms. The maximum atomic E-state index is 13.0. The van der Waals surface area contributed by atoms with Crippen molar-refractivity contribution >= 4 is 55.8 Å². The van der Waals surface area contributed by atoms with Gasteiger partial charge in [0.2, 0.25) is 0 Å². The van der Waals surface area contributed by atoms with Gasteiger partial charge in [0.05, 0.1) is 21.1 Å². The number of sulfone groups is 1. The number of carboxylic acids is 1. The van der Waals surface area contributed by atoms with E-state index in [9.17, 15) is 18.0 Å². The standard InChI is InChI=1S/C19H23N3O5S3/c1-30(26,27)15-8-6-14(7-9-15)22(11-13-4-2-3-5-13)19(25)21-18-20-10-17(29-18)28-12-16(23)24/h6-10,13H,2-5,11-12H2,1H3,(H,23,24)(H,20,21,25). The number of rotatable bonds is 8. The highest BCUT2D eigenvalue weighted by molar-refractivity contribution is 8.01. The van der Waals surface area contributed by atoms with Gasteiger partial charge in [0.15, 0.2) is 15.0 Å². The Morgan fingerprint density at radius 3 is 2.53 bits per heavy atom. The highest BCUT2D eigenvalue weighted by atomic mass is 32.2. The fraction of sp³-hybridized carbons (Fsp3) is 0.421. The summed E-state index contributed by atoms with van der Waals surface area (Å²) in [5.41, 5.74) is 0.615. The van der Waals surface area contributed by atoms with E-state index in [1.807, 2.05) is 0 Å². The Balaban J connectivity index is 1.76. The van der Waals surface area contributed by atoms with Crippen LogP contribution in [0.25, 0.3) is 0 Å². The molecule has 2 amide bonds. The van der Waals surface area contributed by atoms with Crippen LogP contribution in [0.5, 0.6) is 0 Å². The molecule has 0 radical (unpaired) electrons. The van der Waals surface area contributed by atoms with E-state index < -0.39 is 15.8 Å². The highest BCUT2D eigenvalue weighted by Crippen LogP contribution is 2.30. The van der Waals surface area contributed by atoms with Gasteiger partial charge in [-0.3, -0.25) is 15.0 Å². The molecular weight excluding hydrogens is 446 g/mol. The fourth-order valence-corrected chi connectivity index (χ4v) is 5.52. The third kappa shape index (κ3) is 6.19. The van der Waals surface area contributed by atoms with Crippen LogP contribution in [0.3, 0.4) is 0 Å². The van der Waals surface area contributed by atoms with Gasteiger partial charge in [-0.15, -0.1) is 11.8 Å². The van der Waals surface area contributed by atoms with Gasteiger partial charge in [-0.25, -0.2) is 18.2 Å². The number of hydrogen-bond donors (Lipinski definition) is 2. The quantitative estimate of drug-likeness (QED) is 0.562. The van der Waals surface area contributed by atoms with Crippen molar-refractivity contribution in [3.05, 3.63) is 30.5 Å². The van der Waals surface area contributed by atoms with Crippen LogP contribution in [-0.4, -0.2) is 49.1 Å². The minimum absolute atomic E-state index is 0.0733. The number of aromatic nitrogens is 1. The molecule has 1 aromatic heterocycles. The molecule has 1 fully saturated rings. The Kier molecular flexibility index (Phi) is 7.37. The van der Waals surface area contributed by atoms with Gasteiger partial charge in [0.25, 0.3) is 0 Å². The molecule has 3 rings (SSSR count). The second-order valence-corrected chi connectivity index (χ2v) is 11.4. The van der Waals surface area contributed by atoms with Gasteiger partial charge in [-0.2, -0.15) is 0 Å². The third-order valence-electron chi connectivity index (χ3n) is 4.77. The predicted molar refractivity (Wildman–Crippen MR) is 118 cm³/mol. The predicted octanol–water partition coefficient (Wildman–Crippen LogP) is 3.95. The van der Waals surface area contributed by atoms with E-state index in [0.717, 1.165) is 43.7 Å². The molecule has 1 saturated carbocycles. The van der Waals surface area contributed by atoms with E-state index >= 15 is 0 Å². The zero-order valence-corrected chi connectivity index (χ0v) is 18.9. The van der Waals surface area contributed by atoms with Crippen molar-refractivity contribution in [2.24, 2.45) is 5.92 Å². The average molecular weight is 470 g/mol. The van der Waals surface area contributed by atoms with E-state index in [1.165, 1.54) is 29.7 Å². The first-order valence-electron chi connectivity index (χ1n) is 9.41. The number of nitrogens with one attached hydrogen (secondary N) is 1. The van der Waals surface area contributed by atoms with Crippen molar-refractivity contribution in [1.82, 2.24) is 4.98 Å². The van der Waals surface area contributed by atoms with E-state index in [2.05, 4.69) is 10.3 Å². The molecule has 1 aromatic carbocycles. The zero-order chi connectivity index (χ0) is 21.7. The van der Waals surface area contributed by atoms with Gasteiger partial charge in [-0.05, 0) is 43.0 Å². The molecule has 0 saturated heterocycles. The molecule has 11 heteroatoms. The number of carbonyl (C=O) groups is 2. The van der Waals surface area contributed by atoms with Crippen LogP contribution < -0.4 is 10.2 Å². The second-order valence-electron chi connectivity index (χ2n) is 7.12. The average Bonchev–Trinajstić information content (AvgIpc) is 3.35. The molecule has 0 unspecified atom stereocenters. The van der Waals surface area contributed by atoms with E-state index in [1.54, 1.807) is 17.0 Å². The fourth-order valence-electron chi connectivity index (χ4n) is 3.31. The van der Waals surface area contributed by atoms with E-state index in [0.29, 0.717) is 27.5 Å². The van der Waals surface area contributed by atoms with E-state index in [-0.39, 0.29) is 16.7 Å². The number of benzene rings is 1. The number of urea groups is 1. The van der Waals surface area contributed by atoms with Crippen LogP contribution >= 0.6 is 23.1 Å². The minimum atomic E-state index is -3.32. The molecule has 0 spiro atoms. The van der Waals surface area contributed by atoms with Gasteiger partial charge in [0, 0.05) is 18.5 Å². The van der Waals surface area contributed by atoms with Crippen molar-refractivity contribution in [2.45, 2.75) is 34.8 Å². The summed E-state index contributed by atoms with van der Waals surface area (Å²) in [6.07, 6.45) is 7.08. The van der Waals surface area contributed by atoms with Gasteiger partial charge < -0.3 is 5.11 Å². The largest absolute Gasteiger partial charge is 0.481 e. The monoisotopic (exact) mass is 469 g/mol. The zero-order valence-electron chi connectivity index (χ0n) is 16.4. The molecule has 162 valence electrons. The molecule has 0 aliphatic heterocycles. The maximum Gasteiger partial charge on any atom is 0.328 e. The molecule has 1 heterocycles. The van der Waals surface area contributed by atoms with Crippen molar-refractivity contribution in [1.29, 1.82) is 0 Å². The van der Waals surface area contributed by atoms with Crippen LogP contribution in [0.15, 0.2) is 39.6 Å². The first kappa shape index (κ1) is 22.6. The molecule has 1 aliphatic rings. The Morgan fingerprint density at radius 1 is 1.27 bits per heavy atom. The number of carboxylic acid groups (broad SMARTS) is 1. The summed E-state index contributed by atoms with van der Waals surface area (Å²) in [5.74, 6) is -0.599. The summed E-state index contributed by atoms with van der Waals surface area (Å²) in [6.45, 7) is 0.538. The maximum absolute atomic E-state index is 13.0. The Morgan fingerprint density at radius 2 is 1.93 bits per heavy atom. The Bertz CT molecular complexity index is 999. The Labute approximate surface area is 183 Å². The number of thiazole rings is 1. The van der Waals surface area contributed by atoms with Gasteiger partial charge >= 0.3 is 12.0 Å². The molecule has 0 atom stereocenters. The minimum Gasteiger partial charge on any atom is -0.481 e. The first-order valence-corrected chi connectivity index (χ1v) is 13.1. The third-order valence-corrected chi connectivity index (χ3v) is 7.99. The van der Waals surface area contributed by atoms with E-state index in [4.69, 9.17) is 5.11 Å². The number of nitrogens with zero attached hydrogens (tertiary/aromatic N) is 2. The summed E-state index contributed by atoms with van der Waals surface area (Å²) >= 11 is 2.36. The topological polar surface area (TPSA) is 117 Å². The summed E-state index contributed by atoms with van der Waals surface area (Å²) < 4.78 is 24.2. The molecule has 8 nitrogen and oxygen atoms in total. The normalized spacial score (nSPS) is 14.6. The van der Waals surface area contributed by atoms with Crippen LogP contribution in [0, 0.1) is 5.92 Å². The Hall–Kier alpha value is -2.11. The van der Waals surface area contributed by atoms with Crippen LogP contribution in [0.4, 0.5) is 15.6 Å². The van der Waals surface area contributed by atoms with Gasteiger partial charge in [-0.1, -0.05) is 24.2 Å². The second kappa shape index (κ2) is 9.80.